The lowest BCUT2D eigenvalue weighted by atomic mass is 9.70. The summed E-state index contributed by atoms with van der Waals surface area (Å²) in [7, 11) is 0. The fourth-order valence-corrected chi connectivity index (χ4v) is 3.69. The topological polar surface area (TPSA) is 50.7 Å². The predicted octanol–water partition coefficient (Wildman–Crippen LogP) is 2.35. The van der Waals surface area contributed by atoms with Crippen LogP contribution in [0.25, 0.3) is 0 Å². The van der Waals surface area contributed by atoms with E-state index in [1.165, 1.54) is 19.3 Å². The van der Waals surface area contributed by atoms with Crippen LogP contribution in [0.1, 0.15) is 52.9 Å². The van der Waals surface area contributed by atoms with E-state index >= 15 is 0 Å². The Morgan fingerprint density at radius 2 is 2.00 bits per heavy atom. The van der Waals surface area contributed by atoms with Gasteiger partial charge in [0, 0.05) is 25.8 Å². The van der Waals surface area contributed by atoms with Gasteiger partial charge in [-0.2, -0.15) is 0 Å². The van der Waals surface area contributed by atoms with E-state index in [2.05, 4.69) is 26.1 Å². The zero-order chi connectivity index (χ0) is 15.3. The Labute approximate surface area is 129 Å². The fraction of sp³-hybridized carbons (Fsp3) is 1.00. The molecule has 21 heavy (non-hydrogen) atoms. The number of rotatable bonds is 6. The number of hydrogen-bond donors (Lipinski definition) is 2. The molecule has 1 saturated carbocycles. The van der Waals surface area contributed by atoms with Crippen LogP contribution in [0.2, 0.25) is 0 Å². The maximum atomic E-state index is 10.1. The summed E-state index contributed by atoms with van der Waals surface area (Å²) in [6.45, 7) is 9.68. The van der Waals surface area contributed by atoms with Gasteiger partial charge in [0.15, 0.2) is 0 Å². The molecular formula is C17H33NO3. The van der Waals surface area contributed by atoms with Crippen molar-refractivity contribution in [2.24, 2.45) is 11.3 Å². The van der Waals surface area contributed by atoms with Crippen molar-refractivity contribution in [3.05, 3.63) is 0 Å². The standard InChI is InChI=1S/C17H33NO3/c1-13-10-17(2,3)7-4-16(13)18-11-14(19)12-21-15-5-8-20-9-6-15/h13-16,18-19H,4-12H2,1-3H3/t13-,14-,16-/m1/s1. The van der Waals surface area contributed by atoms with Crippen LogP contribution in [0.3, 0.4) is 0 Å². The highest BCUT2D eigenvalue weighted by Crippen LogP contribution is 2.38. The first-order valence-electron chi connectivity index (χ1n) is 8.57. The Balaban J connectivity index is 1.61. The summed E-state index contributed by atoms with van der Waals surface area (Å²) in [6.07, 6.45) is 5.51. The molecule has 0 radical (unpaired) electrons. The average molecular weight is 299 g/mol. The van der Waals surface area contributed by atoms with Crippen LogP contribution < -0.4 is 5.32 Å². The molecule has 1 aliphatic heterocycles. The molecule has 1 heterocycles. The monoisotopic (exact) mass is 299 g/mol. The third-order valence-corrected chi connectivity index (χ3v) is 5.00. The molecular weight excluding hydrogens is 266 g/mol. The van der Waals surface area contributed by atoms with Crippen molar-refractivity contribution in [3.8, 4) is 0 Å². The summed E-state index contributed by atoms with van der Waals surface area (Å²) in [5, 5.41) is 13.6. The van der Waals surface area contributed by atoms with E-state index in [0.29, 0.717) is 30.5 Å². The number of nitrogens with one attached hydrogen (secondary N) is 1. The second-order valence-corrected chi connectivity index (χ2v) is 7.70. The van der Waals surface area contributed by atoms with Crippen LogP contribution in [-0.2, 0) is 9.47 Å². The maximum Gasteiger partial charge on any atom is 0.0897 e. The number of aliphatic hydroxyl groups excluding tert-OH is 1. The summed E-state index contributed by atoms with van der Waals surface area (Å²) in [5.74, 6) is 0.678. The van der Waals surface area contributed by atoms with E-state index in [9.17, 15) is 5.11 Å². The molecule has 2 aliphatic rings. The van der Waals surface area contributed by atoms with Gasteiger partial charge in [-0.3, -0.25) is 0 Å². The van der Waals surface area contributed by atoms with Gasteiger partial charge in [-0.1, -0.05) is 20.8 Å². The number of ether oxygens (including phenoxy) is 2. The molecule has 2 fully saturated rings. The molecule has 0 spiro atoms. The Kier molecular flexibility index (Phi) is 6.48. The van der Waals surface area contributed by atoms with Gasteiger partial charge in [0.05, 0.1) is 18.8 Å². The third kappa shape index (κ3) is 5.85. The molecule has 2 N–H and O–H groups in total. The van der Waals surface area contributed by atoms with Crippen molar-refractivity contribution < 1.29 is 14.6 Å². The first-order chi connectivity index (χ1) is 9.96. The van der Waals surface area contributed by atoms with Crippen molar-refractivity contribution in [1.82, 2.24) is 5.32 Å². The Morgan fingerprint density at radius 3 is 2.67 bits per heavy atom. The zero-order valence-corrected chi connectivity index (χ0v) is 13.9. The van der Waals surface area contributed by atoms with Crippen molar-refractivity contribution in [2.75, 3.05) is 26.4 Å². The molecule has 0 aromatic rings. The molecule has 2 rings (SSSR count). The highest BCUT2D eigenvalue weighted by molar-refractivity contribution is 4.87. The molecule has 124 valence electrons. The lowest BCUT2D eigenvalue weighted by molar-refractivity contribution is -0.0593. The lowest BCUT2D eigenvalue weighted by Crippen LogP contribution is -2.45. The molecule has 3 atom stereocenters. The second kappa shape index (κ2) is 7.91. The molecule has 1 aliphatic carbocycles. The summed E-state index contributed by atoms with van der Waals surface area (Å²) < 4.78 is 11.1. The lowest BCUT2D eigenvalue weighted by Gasteiger charge is -2.40. The predicted molar refractivity (Wildman–Crippen MR) is 84.4 cm³/mol. The maximum absolute atomic E-state index is 10.1. The highest BCUT2D eigenvalue weighted by atomic mass is 16.5. The fourth-order valence-electron chi connectivity index (χ4n) is 3.69. The quantitative estimate of drug-likeness (QED) is 0.790. The zero-order valence-electron chi connectivity index (χ0n) is 13.9. The minimum Gasteiger partial charge on any atom is -0.389 e. The van der Waals surface area contributed by atoms with Gasteiger partial charge in [0.1, 0.15) is 0 Å². The normalized spacial score (nSPS) is 32.0. The van der Waals surface area contributed by atoms with Crippen LogP contribution in [-0.4, -0.2) is 49.7 Å². The van der Waals surface area contributed by atoms with Crippen LogP contribution >= 0.6 is 0 Å². The Morgan fingerprint density at radius 1 is 1.29 bits per heavy atom. The van der Waals surface area contributed by atoms with Crippen LogP contribution in [0.15, 0.2) is 0 Å². The van der Waals surface area contributed by atoms with Crippen molar-refractivity contribution >= 4 is 0 Å². The molecule has 4 nitrogen and oxygen atoms in total. The van der Waals surface area contributed by atoms with Gasteiger partial charge in [-0.15, -0.1) is 0 Å². The number of aliphatic hydroxyl groups is 1. The van der Waals surface area contributed by atoms with Gasteiger partial charge < -0.3 is 19.9 Å². The van der Waals surface area contributed by atoms with Gasteiger partial charge in [-0.25, -0.2) is 0 Å². The van der Waals surface area contributed by atoms with Crippen LogP contribution in [0, 0.1) is 11.3 Å². The summed E-state index contributed by atoms with van der Waals surface area (Å²) in [6, 6.07) is 0.538. The average Bonchev–Trinajstić information content (AvgIpc) is 2.44. The van der Waals surface area contributed by atoms with Crippen molar-refractivity contribution in [2.45, 2.75) is 71.1 Å². The Bertz CT molecular complexity index is 302. The summed E-state index contributed by atoms with van der Waals surface area (Å²) in [4.78, 5) is 0. The van der Waals surface area contributed by atoms with Gasteiger partial charge in [0.25, 0.3) is 0 Å². The highest BCUT2D eigenvalue weighted by Gasteiger charge is 2.32. The van der Waals surface area contributed by atoms with E-state index < -0.39 is 6.10 Å². The smallest absolute Gasteiger partial charge is 0.0897 e. The summed E-state index contributed by atoms with van der Waals surface area (Å²) >= 11 is 0. The van der Waals surface area contributed by atoms with Crippen LogP contribution in [0.5, 0.6) is 0 Å². The van der Waals surface area contributed by atoms with E-state index in [-0.39, 0.29) is 6.10 Å². The molecule has 0 aromatic carbocycles. The molecule has 0 aromatic heterocycles. The van der Waals surface area contributed by atoms with Crippen molar-refractivity contribution in [1.29, 1.82) is 0 Å². The third-order valence-electron chi connectivity index (χ3n) is 5.00. The molecule has 0 unspecified atom stereocenters. The largest absolute Gasteiger partial charge is 0.389 e. The minimum atomic E-state index is -0.407. The number of hydrogen-bond acceptors (Lipinski definition) is 4. The molecule has 0 bridgehead atoms. The van der Waals surface area contributed by atoms with Gasteiger partial charge >= 0.3 is 0 Å². The molecule has 1 saturated heterocycles. The van der Waals surface area contributed by atoms with E-state index in [1.54, 1.807) is 0 Å². The summed E-state index contributed by atoms with van der Waals surface area (Å²) in [5.41, 5.74) is 0.475. The van der Waals surface area contributed by atoms with Gasteiger partial charge in [-0.05, 0) is 43.4 Å². The SMILES string of the molecule is C[C@@H]1CC(C)(C)CC[C@H]1NC[C@@H](O)COC1CCOCC1. The van der Waals surface area contributed by atoms with Crippen LogP contribution in [0.4, 0.5) is 0 Å². The second-order valence-electron chi connectivity index (χ2n) is 7.70. The first-order valence-corrected chi connectivity index (χ1v) is 8.57. The van der Waals surface area contributed by atoms with E-state index in [1.807, 2.05) is 0 Å². The van der Waals surface area contributed by atoms with E-state index in [4.69, 9.17) is 9.47 Å². The molecule has 0 amide bonds. The van der Waals surface area contributed by atoms with Gasteiger partial charge in [0.2, 0.25) is 0 Å². The first kappa shape index (κ1) is 17.2. The van der Waals surface area contributed by atoms with E-state index in [0.717, 1.165) is 26.1 Å². The van der Waals surface area contributed by atoms with Crippen molar-refractivity contribution in [3.63, 3.8) is 0 Å². The Hall–Kier alpha value is -0.160. The molecule has 4 heteroatoms. The minimum absolute atomic E-state index is 0.266.